The molecule has 2 rings (SSSR count). The van der Waals surface area contributed by atoms with Gasteiger partial charge in [0.2, 0.25) is 5.88 Å². The second-order valence-electron chi connectivity index (χ2n) is 4.45. The van der Waals surface area contributed by atoms with Crippen molar-refractivity contribution in [3.8, 4) is 11.9 Å². The van der Waals surface area contributed by atoms with Crippen molar-refractivity contribution in [1.82, 2.24) is 9.97 Å². The van der Waals surface area contributed by atoms with Crippen LogP contribution >= 0.6 is 0 Å². The highest BCUT2D eigenvalue weighted by atomic mass is 16.5. The fourth-order valence-corrected chi connectivity index (χ4v) is 1.73. The van der Waals surface area contributed by atoms with Gasteiger partial charge in [-0.05, 0) is 24.1 Å². The first-order chi connectivity index (χ1) is 10.2. The number of rotatable bonds is 6. The van der Waals surface area contributed by atoms with E-state index in [1.54, 1.807) is 0 Å². The lowest BCUT2D eigenvalue weighted by Crippen LogP contribution is -2.05. The van der Waals surface area contributed by atoms with Crippen LogP contribution in [0.3, 0.4) is 0 Å². The zero-order chi connectivity index (χ0) is 15.1. The van der Waals surface area contributed by atoms with Gasteiger partial charge in [-0.3, -0.25) is 0 Å². The van der Waals surface area contributed by atoms with Gasteiger partial charge < -0.3 is 15.8 Å². The van der Waals surface area contributed by atoms with Gasteiger partial charge >= 0.3 is 0 Å². The van der Waals surface area contributed by atoms with Crippen LogP contribution in [0.25, 0.3) is 0 Å². The molecule has 0 aliphatic heterocycles. The molecule has 0 unspecified atom stereocenters. The third kappa shape index (κ3) is 3.83. The molecule has 6 heteroatoms. The minimum atomic E-state index is 0.382. The largest absolute Gasteiger partial charge is 0.476 e. The van der Waals surface area contributed by atoms with E-state index in [0.717, 1.165) is 17.7 Å². The molecule has 21 heavy (non-hydrogen) atoms. The molecular weight excluding hydrogens is 266 g/mol. The van der Waals surface area contributed by atoms with Crippen LogP contribution in [0.15, 0.2) is 30.6 Å². The molecule has 108 valence electrons. The highest BCUT2D eigenvalue weighted by molar-refractivity contribution is 5.72. The summed E-state index contributed by atoms with van der Waals surface area (Å²) in [5.41, 5.74) is 8.18. The van der Waals surface area contributed by atoms with Gasteiger partial charge in [-0.1, -0.05) is 19.1 Å². The van der Waals surface area contributed by atoms with Crippen molar-refractivity contribution in [2.24, 2.45) is 0 Å². The summed E-state index contributed by atoms with van der Waals surface area (Å²) in [5.74, 6) is 0.889. The molecule has 0 saturated heterocycles. The summed E-state index contributed by atoms with van der Waals surface area (Å²) in [6, 6.07) is 9.64. The predicted octanol–water partition coefficient (Wildman–Crippen LogP) is 2.66. The first-order valence-electron chi connectivity index (χ1n) is 6.70. The molecular formula is C15H17N5O. The lowest BCUT2D eigenvalue weighted by Gasteiger charge is -2.11. The Kier molecular flexibility index (Phi) is 4.94. The normalized spacial score (nSPS) is 9.90. The van der Waals surface area contributed by atoms with E-state index in [2.05, 4.69) is 21.4 Å². The van der Waals surface area contributed by atoms with Crippen molar-refractivity contribution in [1.29, 1.82) is 5.26 Å². The van der Waals surface area contributed by atoms with Gasteiger partial charge in [-0.2, -0.15) is 10.2 Å². The zero-order valence-electron chi connectivity index (χ0n) is 11.8. The zero-order valence-corrected chi connectivity index (χ0v) is 11.8. The number of hydrogen-bond acceptors (Lipinski definition) is 6. The number of ether oxygens (including phenoxy) is 1. The molecule has 0 aliphatic carbocycles. The Hall–Kier alpha value is -2.81. The van der Waals surface area contributed by atoms with E-state index < -0.39 is 0 Å². The molecule has 0 aliphatic rings. The average molecular weight is 283 g/mol. The first kappa shape index (κ1) is 14.6. The monoisotopic (exact) mass is 283 g/mol. The van der Waals surface area contributed by atoms with Gasteiger partial charge in [0.15, 0.2) is 5.82 Å². The van der Waals surface area contributed by atoms with Crippen LogP contribution in [-0.4, -0.2) is 16.6 Å². The maximum Gasteiger partial charge on any atom is 0.242 e. The molecule has 0 radical (unpaired) electrons. The molecule has 0 fully saturated rings. The minimum Gasteiger partial charge on any atom is -0.476 e. The van der Waals surface area contributed by atoms with Crippen molar-refractivity contribution in [3.05, 3.63) is 36.2 Å². The Morgan fingerprint density at radius 1 is 1.29 bits per heavy atom. The van der Waals surface area contributed by atoms with Crippen molar-refractivity contribution >= 4 is 17.2 Å². The summed E-state index contributed by atoms with van der Waals surface area (Å²) in [5, 5.41) is 11.8. The fourth-order valence-electron chi connectivity index (χ4n) is 1.73. The lowest BCUT2D eigenvalue weighted by molar-refractivity contribution is 0.307. The fraction of sp³-hybridized carbons (Fsp3) is 0.267. The Morgan fingerprint density at radius 3 is 2.71 bits per heavy atom. The molecule has 0 saturated carbocycles. The SMILES string of the molecule is CCCOc1ncnc(Nc2ccc(CC#N)cc2)c1N. The maximum absolute atomic E-state index is 8.65. The number of nitrogens with zero attached hydrogens (tertiary/aromatic N) is 3. The van der Waals surface area contributed by atoms with E-state index in [4.69, 9.17) is 15.7 Å². The van der Waals surface area contributed by atoms with Crippen LogP contribution in [0.4, 0.5) is 17.2 Å². The number of nitrogens with one attached hydrogen (secondary N) is 1. The average Bonchev–Trinajstić information content (AvgIpc) is 2.50. The molecule has 1 aromatic heterocycles. The second kappa shape index (κ2) is 7.10. The summed E-state index contributed by atoms with van der Waals surface area (Å²) in [6.07, 6.45) is 2.69. The number of hydrogen-bond donors (Lipinski definition) is 2. The van der Waals surface area contributed by atoms with Gasteiger partial charge in [0.25, 0.3) is 0 Å². The van der Waals surface area contributed by atoms with Crippen LogP contribution in [-0.2, 0) is 6.42 Å². The van der Waals surface area contributed by atoms with Crippen molar-refractivity contribution < 1.29 is 4.74 Å². The molecule has 0 spiro atoms. The number of benzene rings is 1. The molecule has 6 nitrogen and oxygen atoms in total. The molecule has 2 aromatic rings. The van der Waals surface area contributed by atoms with Crippen molar-refractivity contribution in [2.75, 3.05) is 17.7 Å². The molecule has 0 bridgehead atoms. The van der Waals surface area contributed by atoms with E-state index in [0.29, 0.717) is 30.4 Å². The third-order valence-electron chi connectivity index (χ3n) is 2.79. The molecule has 3 N–H and O–H groups in total. The molecule has 0 amide bonds. The van der Waals surface area contributed by atoms with Gasteiger partial charge in [-0.15, -0.1) is 0 Å². The third-order valence-corrected chi connectivity index (χ3v) is 2.79. The topological polar surface area (TPSA) is 96.9 Å². The summed E-state index contributed by atoms with van der Waals surface area (Å²) < 4.78 is 5.46. The van der Waals surface area contributed by atoms with Crippen molar-refractivity contribution in [2.45, 2.75) is 19.8 Å². The van der Waals surface area contributed by atoms with Crippen LogP contribution in [0.1, 0.15) is 18.9 Å². The van der Waals surface area contributed by atoms with E-state index in [1.165, 1.54) is 6.33 Å². The Bertz CT molecular complexity index is 634. The van der Waals surface area contributed by atoms with Crippen LogP contribution in [0.5, 0.6) is 5.88 Å². The Morgan fingerprint density at radius 2 is 2.05 bits per heavy atom. The molecule has 1 heterocycles. The Balaban J connectivity index is 2.13. The highest BCUT2D eigenvalue weighted by Crippen LogP contribution is 2.27. The summed E-state index contributed by atoms with van der Waals surface area (Å²) in [6.45, 7) is 2.57. The van der Waals surface area contributed by atoms with Crippen LogP contribution < -0.4 is 15.8 Å². The predicted molar refractivity (Wildman–Crippen MR) is 81.3 cm³/mol. The number of nitriles is 1. The summed E-state index contributed by atoms with van der Waals surface area (Å²) >= 11 is 0. The second-order valence-corrected chi connectivity index (χ2v) is 4.45. The van der Waals surface area contributed by atoms with E-state index in [-0.39, 0.29) is 0 Å². The summed E-state index contributed by atoms with van der Waals surface area (Å²) in [4.78, 5) is 8.14. The molecule has 1 aromatic carbocycles. The summed E-state index contributed by atoms with van der Waals surface area (Å²) in [7, 11) is 0. The quantitative estimate of drug-likeness (QED) is 0.846. The van der Waals surface area contributed by atoms with Gasteiger partial charge in [-0.25, -0.2) is 4.98 Å². The van der Waals surface area contributed by atoms with Crippen LogP contribution in [0, 0.1) is 11.3 Å². The first-order valence-corrected chi connectivity index (χ1v) is 6.70. The standard InChI is InChI=1S/C15H17N5O/c1-2-9-21-15-13(17)14(18-10-19-15)20-12-5-3-11(4-6-12)7-8-16/h3-6,10H,2,7,9,17H2,1H3,(H,18,19,20). The molecule has 0 atom stereocenters. The number of anilines is 3. The number of nitrogens with two attached hydrogens (primary N) is 1. The smallest absolute Gasteiger partial charge is 0.242 e. The van der Waals surface area contributed by atoms with Gasteiger partial charge in [0.05, 0.1) is 19.1 Å². The maximum atomic E-state index is 8.65. The number of aromatic nitrogens is 2. The van der Waals surface area contributed by atoms with Crippen LogP contribution in [0.2, 0.25) is 0 Å². The van der Waals surface area contributed by atoms with Gasteiger partial charge in [0, 0.05) is 5.69 Å². The lowest BCUT2D eigenvalue weighted by atomic mass is 10.1. The van der Waals surface area contributed by atoms with E-state index >= 15 is 0 Å². The minimum absolute atomic E-state index is 0.382. The van der Waals surface area contributed by atoms with E-state index in [9.17, 15) is 0 Å². The van der Waals surface area contributed by atoms with Crippen molar-refractivity contribution in [3.63, 3.8) is 0 Å². The van der Waals surface area contributed by atoms with E-state index in [1.807, 2.05) is 31.2 Å². The Labute approximate surface area is 123 Å². The number of nitrogen functional groups attached to an aromatic ring is 1. The highest BCUT2D eigenvalue weighted by Gasteiger charge is 2.09. The van der Waals surface area contributed by atoms with Gasteiger partial charge in [0.1, 0.15) is 12.0 Å².